The van der Waals surface area contributed by atoms with Crippen LogP contribution in [0.15, 0.2) is 75.7 Å². The number of nitro benzene ring substituents is 1. The summed E-state index contributed by atoms with van der Waals surface area (Å²) < 4.78 is 27.5. The maximum Gasteiger partial charge on any atom is 0.288 e. The third kappa shape index (κ3) is 3.80. The van der Waals surface area contributed by atoms with Gasteiger partial charge in [0.05, 0.1) is 25.7 Å². The second kappa shape index (κ2) is 7.99. The van der Waals surface area contributed by atoms with Gasteiger partial charge in [0.2, 0.25) is 9.84 Å². The van der Waals surface area contributed by atoms with Crippen LogP contribution < -0.4 is 10.7 Å². The highest BCUT2D eigenvalue weighted by molar-refractivity contribution is 7.93. The molecule has 0 bridgehead atoms. The Hall–Kier alpha value is -2.88. The first-order chi connectivity index (χ1) is 14.7. The molecule has 1 aliphatic rings. The van der Waals surface area contributed by atoms with E-state index in [4.69, 9.17) is 23.2 Å². The van der Waals surface area contributed by atoms with E-state index in [1.165, 1.54) is 30.3 Å². The van der Waals surface area contributed by atoms with Gasteiger partial charge in [0.15, 0.2) is 0 Å². The molecule has 11 heteroatoms. The SMILES string of the molecule is O=[N+]([O-])c1ccccc1S(=O)(=O)C1(CCc2ccccn2)N=c2cc(Cl)c(Cl)cc2=N1. The van der Waals surface area contributed by atoms with Gasteiger partial charge in [-0.05, 0) is 36.8 Å². The Kier molecular flexibility index (Phi) is 5.50. The Bertz CT molecular complexity index is 1370. The summed E-state index contributed by atoms with van der Waals surface area (Å²) in [5.74, 6) is 0. The smallest absolute Gasteiger partial charge is 0.261 e. The van der Waals surface area contributed by atoms with E-state index >= 15 is 0 Å². The number of aromatic nitrogens is 1. The fourth-order valence-electron chi connectivity index (χ4n) is 3.32. The van der Waals surface area contributed by atoms with Crippen LogP contribution in [0.5, 0.6) is 0 Å². The molecule has 0 radical (unpaired) electrons. The predicted molar refractivity (Wildman–Crippen MR) is 114 cm³/mol. The summed E-state index contributed by atoms with van der Waals surface area (Å²) in [6.07, 6.45) is 1.74. The molecule has 2 heterocycles. The number of hydrogen-bond acceptors (Lipinski definition) is 7. The lowest BCUT2D eigenvalue weighted by atomic mass is 10.2. The summed E-state index contributed by atoms with van der Waals surface area (Å²) in [7, 11) is -4.43. The van der Waals surface area contributed by atoms with Crippen molar-refractivity contribution in [1.29, 1.82) is 0 Å². The van der Waals surface area contributed by atoms with Crippen LogP contribution in [0.4, 0.5) is 5.69 Å². The van der Waals surface area contributed by atoms with Gasteiger partial charge < -0.3 is 0 Å². The first-order valence-corrected chi connectivity index (χ1v) is 11.3. The second-order valence-electron chi connectivity index (χ2n) is 6.77. The number of rotatable bonds is 6. The second-order valence-corrected chi connectivity index (χ2v) is 9.69. The summed E-state index contributed by atoms with van der Waals surface area (Å²) in [4.78, 5) is 21.3. The van der Waals surface area contributed by atoms with Crippen LogP contribution in [0.3, 0.4) is 0 Å². The molecule has 0 unspecified atom stereocenters. The minimum atomic E-state index is -4.43. The Balaban J connectivity index is 1.92. The standard InChI is InChI=1S/C20H14Cl2N4O4S/c21-14-11-16-17(12-15(14)22)25-20(24-16,9-8-13-5-3-4-10-23-13)31(29,30)19-7-2-1-6-18(19)26(27)28/h1-7,10-12H,8-9H2. The molecule has 0 saturated carbocycles. The predicted octanol–water partition coefficient (Wildman–Crippen LogP) is 3.31. The van der Waals surface area contributed by atoms with Crippen LogP contribution in [0, 0.1) is 10.1 Å². The number of hydrogen-bond donors (Lipinski definition) is 0. The van der Waals surface area contributed by atoms with Gasteiger partial charge in [0, 0.05) is 24.4 Å². The number of pyridine rings is 1. The molecular weight excluding hydrogens is 463 g/mol. The molecule has 31 heavy (non-hydrogen) atoms. The lowest BCUT2D eigenvalue weighted by Gasteiger charge is -2.23. The number of nitro groups is 1. The largest absolute Gasteiger partial charge is 0.288 e. The zero-order valence-corrected chi connectivity index (χ0v) is 18.1. The quantitative estimate of drug-likeness (QED) is 0.399. The Morgan fingerprint density at radius 2 is 1.58 bits per heavy atom. The summed E-state index contributed by atoms with van der Waals surface area (Å²) in [6.45, 7) is 0. The number of para-hydroxylation sites is 1. The number of benzene rings is 2. The third-order valence-corrected chi connectivity index (χ3v) is 7.72. The average Bonchev–Trinajstić information content (AvgIpc) is 3.12. The first kappa shape index (κ1) is 21.4. The van der Waals surface area contributed by atoms with Crippen LogP contribution in [0.1, 0.15) is 12.1 Å². The Morgan fingerprint density at radius 1 is 0.968 bits per heavy atom. The number of aryl methyl sites for hydroxylation is 1. The van der Waals surface area contributed by atoms with E-state index in [0.29, 0.717) is 5.69 Å². The molecule has 0 spiro atoms. The molecule has 3 aromatic rings. The molecule has 2 aromatic carbocycles. The van der Waals surface area contributed by atoms with Gasteiger partial charge in [-0.25, -0.2) is 18.4 Å². The monoisotopic (exact) mass is 476 g/mol. The molecule has 0 N–H and O–H groups in total. The van der Waals surface area contributed by atoms with Crippen molar-refractivity contribution in [2.24, 2.45) is 9.98 Å². The van der Waals surface area contributed by atoms with Gasteiger partial charge in [0.1, 0.15) is 4.90 Å². The fourth-order valence-corrected chi connectivity index (χ4v) is 5.47. The number of fused-ring (bicyclic) bond motifs is 1. The molecule has 1 aliphatic heterocycles. The van der Waals surface area contributed by atoms with Gasteiger partial charge in [-0.1, -0.05) is 41.4 Å². The van der Waals surface area contributed by atoms with Gasteiger partial charge in [0.25, 0.3) is 10.7 Å². The van der Waals surface area contributed by atoms with Crippen LogP contribution in [0.25, 0.3) is 0 Å². The van der Waals surface area contributed by atoms with Crippen molar-refractivity contribution in [2.75, 3.05) is 0 Å². The highest BCUT2D eigenvalue weighted by Crippen LogP contribution is 2.37. The highest BCUT2D eigenvalue weighted by Gasteiger charge is 2.48. The zero-order valence-electron chi connectivity index (χ0n) is 15.8. The highest BCUT2D eigenvalue weighted by atomic mass is 35.5. The lowest BCUT2D eigenvalue weighted by Crippen LogP contribution is -2.35. The van der Waals surface area contributed by atoms with E-state index in [-0.39, 0.29) is 33.6 Å². The molecule has 1 aromatic heterocycles. The van der Waals surface area contributed by atoms with Gasteiger partial charge >= 0.3 is 0 Å². The van der Waals surface area contributed by atoms with Crippen molar-refractivity contribution >= 4 is 38.7 Å². The van der Waals surface area contributed by atoms with Crippen molar-refractivity contribution < 1.29 is 13.3 Å². The Labute approximate surface area is 187 Å². The number of halogens is 2. The summed E-state index contributed by atoms with van der Waals surface area (Å²) in [5.41, 5.74) is 0.0918. The van der Waals surface area contributed by atoms with E-state index in [1.807, 2.05) is 0 Å². The zero-order chi connectivity index (χ0) is 22.2. The molecule has 0 atom stereocenters. The van der Waals surface area contributed by atoms with Crippen LogP contribution >= 0.6 is 23.2 Å². The minimum Gasteiger partial charge on any atom is -0.261 e. The lowest BCUT2D eigenvalue weighted by molar-refractivity contribution is -0.387. The number of nitrogens with zero attached hydrogens (tertiary/aromatic N) is 4. The first-order valence-electron chi connectivity index (χ1n) is 9.06. The van der Waals surface area contributed by atoms with E-state index in [2.05, 4.69) is 15.0 Å². The molecule has 158 valence electrons. The molecule has 4 rings (SSSR count). The van der Waals surface area contributed by atoms with Crippen LogP contribution in [-0.4, -0.2) is 23.3 Å². The maximum absolute atomic E-state index is 13.8. The van der Waals surface area contributed by atoms with E-state index in [9.17, 15) is 18.5 Å². The number of sulfone groups is 1. The van der Waals surface area contributed by atoms with E-state index in [1.54, 1.807) is 24.4 Å². The normalized spacial score (nSPS) is 14.4. The maximum atomic E-state index is 13.8. The van der Waals surface area contributed by atoms with Crippen molar-refractivity contribution in [2.45, 2.75) is 22.7 Å². The van der Waals surface area contributed by atoms with Crippen LogP contribution in [-0.2, 0) is 16.3 Å². The van der Waals surface area contributed by atoms with Crippen molar-refractivity contribution in [1.82, 2.24) is 4.98 Å². The van der Waals surface area contributed by atoms with E-state index < -0.39 is 30.3 Å². The molecule has 0 fully saturated rings. The summed E-state index contributed by atoms with van der Waals surface area (Å²) in [6, 6.07) is 13.3. The topological polar surface area (TPSA) is 115 Å². The molecule has 0 saturated heterocycles. The summed E-state index contributed by atoms with van der Waals surface area (Å²) >= 11 is 12.1. The molecular formula is C20H14Cl2N4O4S. The van der Waals surface area contributed by atoms with Gasteiger partial charge in [-0.15, -0.1) is 0 Å². The van der Waals surface area contributed by atoms with E-state index in [0.717, 1.165) is 6.07 Å². The third-order valence-electron chi connectivity index (χ3n) is 4.82. The van der Waals surface area contributed by atoms with Gasteiger partial charge in [-0.3, -0.25) is 15.1 Å². The average molecular weight is 477 g/mol. The van der Waals surface area contributed by atoms with Crippen LogP contribution in [0.2, 0.25) is 10.0 Å². The summed E-state index contributed by atoms with van der Waals surface area (Å²) in [5, 5.41) is 12.4. The van der Waals surface area contributed by atoms with Crippen molar-refractivity contribution in [3.63, 3.8) is 0 Å². The minimum absolute atomic E-state index is 0.0810. The fraction of sp³-hybridized carbons (Fsp3) is 0.150. The molecule has 8 nitrogen and oxygen atoms in total. The molecule has 0 aliphatic carbocycles. The molecule has 0 amide bonds. The van der Waals surface area contributed by atoms with Crippen molar-refractivity contribution in [3.8, 4) is 0 Å². The van der Waals surface area contributed by atoms with Gasteiger partial charge in [-0.2, -0.15) is 0 Å². The van der Waals surface area contributed by atoms with Crippen molar-refractivity contribution in [3.05, 3.63) is 97.4 Å². The Morgan fingerprint density at radius 3 is 2.16 bits per heavy atom.